The van der Waals surface area contributed by atoms with Crippen LogP contribution in [0.4, 0.5) is 11.5 Å². The summed E-state index contributed by atoms with van der Waals surface area (Å²) in [6, 6.07) is 5.62. The third-order valence-corrected chi connectivity index (χ3v) is 3.63. The van der Waals surface area contributed by atoms with Crippen molar-refractivity contribution in [2.45, 2.75) is 26.2 Å². The molecule has 0 unspecified atom stereocenters. The summed E-state index contributed by atoms with van der Waals surface area (Å²) in [5.74, 6) is 0.462. The minimum absolute atomic E-state index is 0.151. The first kappa shape index (κ1) is 14.3. The number of hydrogen-bond donors (Lipinski definition) is 2. The highest BCUT2D eigenvalue weighted by atomic mass is 14.8. The summed E-state index contributed by atoms with van der Waals surface area (Å²) in [4.78, 5) is 13.0. The van der Waals surface area contributed by atoms with Crippen molar-refractivity contribution in [3.05, 3.63) is 42.4 Å². The van der Waals surface area contributed by atoms with Gasteiger partial charge in [0, 0.05) is 34.6 Å². The maximum absolute atomic E-state index is 6.47. The molecule has 22 heavy (non-hydrogen) atoms. The normalized spacial score (nSPS) is 11.8. The molecule has 0 saturated carbocycles. The van der Waals surface area contributed by atoms with E-state index in [1.54, 1.807) is 18.6 Å². The first-order chi connectivity index (χ1) is 10.4. The van der Waals surface area contributed by atoms with Crippen molar-refractivity contribution < 1.29 is 0 Å². The third-order valence-electron chi connectivity index (χ3n) is 3.63. The van der Waals surface area contributed by atoms with Crippen LogP contribution in [0.15, 0.2) is 36.8 Å². The average Bonchev–Trinajstić information content (AvgIpc) is 2.45. The summed E-state index contributed by atoms with van der Waals surface area (Å²) in [5.41, 5.74) is 16.4. The van der Waals surface area contributed by atoms with Crippen LogP contribution in [-0.2, 0) is 5.41 Å². The number of fused-ring (bicyclic) bond motifs is 1. The van der Waals surface area contributed by atoms with E-state index in [1.807, 2.05) is 18.2 Å². The van der Waals surface area contributed by atoms with E-state index >= 15 is 0 Å². The number of nitrogens with zero attached hydrogens (tertiary/aromatic N) is 3. The zero-order valence-corrected chi connectivity index (χ0v) is 13.0. The Bertz CT molecular complexity index is 849. The Hall–Kier alpha value is -2.69. The maximum Gasteiger partial charge on any atom is 0.123 e. The van der Waals surface area contributed by atoms with Crippen LogP contribution < -0.4 is 11.5 Å². The molecule has 0 aliphatic heterocycles. The van der Waals surface area contributed by atoms with Crippen LogP contribution in [-0.4, -0.2) is 15.0 Å². The van der Waals surface area contributed by atoms with Gasteiger partial charge in [0.1, 0.15) is 5.82 Å². The van der Waals surface area contributed by atoms with Crippen LogP contribution in [0.2, 0.25) is 0 Å². The van der Waals surface area contributed by atoms with Crippen LogP contribution in [0.25, 0.3) is 22.2 Å². The molecule has 3 aromatic rings. The summed E-state index contributed by atoms with van der Waals surface area (Å²) in [5, 5.41) is 0.922. The Morgan fingerprint density at radius 2 is 1.82 bits per heavy atom. The second-order valence-corrected chi connectivity index (χ2v) is 6.36. The Kier molecular flexibility index (Phi) is 3.20. The molecule has 0 aliphatic rings. The Balaban J connectivity index is 2.42. The van der Waals surface area contributed by atoms with Crippen LogP contribution in [0, 0.1) is 0 Å². The fourth-order valence-corrected chi connectivity index (χ4v) is 2.71. The lowest BCUT2D eigenvalue weighted by atomic mass is 9.82. The monoisotopic (exact) mass is 293 g/mol. The number of rotatable bonds is 1. The minimum Gasteiger partial charge on any atom is -0.398 e. The lowest BCUT2D eigenvalue weighted by molar-refractivity contribution is 0.593. The van der Waals surface area contributed by atoms with E-state index in [0.29, 0.717) is 5.82 Å². The second kappa shape index (κ2) is 4.94. The lowest BCUT2D eigenvalue weighted by Gasteiger charge is -2.25. The Labute approximate surface area is 129 Å². The zero-order chi connectivity index (χ0) is 15.9. The number of nitrogen functional groups attached to an aromatic ring is 2. The molecule has 0 aromatic carbocycles. The van der Waals surface area contributed by atoms with Crippen molar-refractivity contribution in [1.29, 1.82) is 0 Å². The van der Waals surface area contributed by atoms with E-state index < -0.39 is 0 Å². The van der Waals surface area contributed by atoms with Crippen LogP contribution in [0.1, 0.15) is 26.3 Å². The number of aromatic nitrogens is 3. The van der Waals surface area contributed by atoms with Crippen LogP contribution >= 0.6 is 0 Å². The smallest absolute Gasteiger partial charge is 0.123 e. The van der Waals surface area contributed by atoms with Gasteiger partial charge in [-0.05, 0) is 23.6 Å². The van der Waals surface area contributed by atoms with Crippen LogP contribution in [0.3, 0.4) is 0 Å². The second-order valence-electron chi connectivity index (χ2n) is 6.36. The SMILES string of the molecule is CC(C)(C)c1c(-c2ccnc(N)c2)nc2cnccc2c1N. The molecule has 0 aliphatic carbocycles. The molecule has 0 bridgehead atoms. The molecule has 3 heterocycles. The minimum atomic E-state index is -0.151. The summed E-state index contributed by atoms with van der Waals surface area (Å²) in [6.07, 6.45) is 5.14. The van der Waals surface area contributed by atoms with E-state index in [-0.39, 0.29) is 5.41 Å². The molecule has 3 rings (SSSR count). The lowest BCUT2D eigenvalue weighted by Crippen LogP contribution is -2.17. The molecule has 0 fully saturated rings. The largest absolute Gasteiger partial charge is 0.398 e. The molecule has 4 N–H and O–H groups in total. The molecule has 0 atom stereocenters. The number of anilines is 2. The molecular formula is C17H19N5. The standard InChI is InChI=1S/C17H19N5/c1-17(2,3)14-15(19)11-5-6-20-9-12(11)22-16(14)10-4-7-21-13(18)8-10/h4-9H,1-3H3,(H2,18,21)(H2,19,22). The molecule has 3 aromatic heterocycles. The first-order valence-corrected chi connectivity index (χ1v) is 7.13. The summed E-state index contributed by atoms with van der Waals surface area (Å²) < 4.78 is 0. The Morgan fingerprint density at radius 1 is 1.05 bits per heavy atom. The molecular weight excluding hydrogens is 274 g/mol. The third kappa shape index (κ3) is 2.35. The summed E-state index contributed by atoms with van der Waals surface area (Å²) >= 11 is 0. The van der Waals surface area contributed by atoms with Crippen molar-refractivity contribution in [1.82, 2.24) is 15.0 Å². The van der Waals surface area contributed by atoms with Gasteiger partial charge in [-0.25, -0.2) is 9.97 Å². The van der Waals surface area contributed by atoms with Crippen molar-refractivity contribution >= 4 is 22.4 Å². The maximum atomic E-state index is 6.47. The van der Waals surface area contributed by atoms with Gasteiger partial charge in [0.2, 0.25) is 0 Å². The van der Waals surface area contributed by atoms with Gasteiger partial charge in [0.05, 0.1) is 17.4 Å². The molecule has 0 radical (unpaired) electrons. The van der Waals surface area contributed by atoms with Crippen LogP contribution in [0.5, 0.6) is 0 Å². The highest BCUT2D eigenvalue weighted by Crippen LogP contribution is 2.39. The molecule has 5 nitrogen and oxygen atoms in total. The van der Waals surface area contributed by atoms with Gasteiger partial charge in [-0.15, -0.1) is 0 Å². The predicted molar refractivity (Wildman–Crippen MR) is 90.3 cm³/mol. The van der Waals surface area contributed by atoms with Crippen molar-refractivity contribution in [2.24, 2.45) is 0 Å². The Morgan fingerprint density at radius 3 is 2.50 bits per heavy atom. The number of nitrogens with two attached hydrogens (primary N) is 2. The number of hydrogen-bond acceptors (Lipinski definition) is 5. The average molecular weight is 293 g/mol. The van der Waals surface area contributed by atoms with Crippen molar-refractivity contribution in [3.8, 4) is 11.3 Å². The van der Waals surface area contributed by atoms with Gasteiger partial charge in [0.15, 0.2) is 0 Å². The van der Waals surface area contributed by atoms with Crippen molar-refractivity contribution in [2.75, 3.05) is 11.5 Å². The summed E-state index contributed by atoms with van der Waals surface area (Å²) in [7, 11) is 0. The molecule has 5 heteroatoms. The first-order valence-electron chi connectivity index (χ1n) is 7.13. The fraction of sp³-hybridized carbons (Fsp3) is 0.235. The van der Waals surface area contributed by atoms with E-state index in [0.717, 1.165) is 33.4 Å². The molecule has 112 valence electrons. The zero-order valence-electron chi connectivity index (χ0n) is 13.0. The quantitative estimate of drug-likeness (QED) is 0.719. The van der Waals surface area contributed by atoms with Gasteiger partial charge in [0.25, 0.3) is 0 Å². The highest BCUT2D eigenvalue weighted by Gasteiger charge is 2.25. The fourth-order valence-electron chi connectivity index (χ4n) is 2.71. The predicted octanol–water partition coefficient (Wildman–Crippen LogP) is 3.15. The van der Waals surface area contributed by atoms with Gasteiger partial charge in [-0.3, -0.25) is 4.98 Å². The van der Waals surface area contributed by atoms with Gasteiger partial charge >= 0.3 is 0 Å². The number of pyridine rings is 3. The van der Waals surface area contributed by atoms with E-state index in [9.17, 15) is 0 Å². The van der Waals surface area contributed by atoms with Gasteiger partial charge in [-0.2, -0.15) is 0 Å². The van der Waals surface area contributed by atoms with E-state index in [4.69, 9.17) is 16.5 Å². The highest BCUT2D eigenvalue weighted by molar-refractivity contribution is 5.95. The van der Waals surface area contributed by atoms with Gasteiger partial charge in [-0.1, -0.05) is 20.8 Å². The molecule has 0 saturated heterocycles. The van der Waals surface area contributed by atoms with E-state index in [1.165, 1.54) is 0 Å². The topological polar surface area (TPSA) is 90.7 Å². The van der Waals surface area contributed by atoms with Gasteiger partial charge < -0.3 is 11.5 Å². The van der Waals surface area contributed by atoms with Crippen molar-refractivity contribution in [3.63, 3.8) is 0 Å². The molecule has 0 spiro atoms. The van der Waals surface area contributed by atoms with E-state index in [2.05, 4.69) is 30.7 Å². The summed E-state index contributed by atoms with van der Waals surface area (Å²) in [6.45, 7) is 6.38. The molecule has 0 amide bonds.